The van der Waals surface area contributed by atoms with Gasteiger partial charge >= 0.3 is 5.97 Å². The monoisotopic (exact) mass is 158 g/mol. The largest absolute Gasteiger partial charge is 0.478 e. The predicted molar refractivity (Wildman–Crippen MR) is 42.3 cm³/mol. The number of carboxylic acid groups (broad SMARTS) is 1. The zero-order chi connectivity index (χ0) is 8.85. The Hall–Kier alpha value is -0.830. The highest BCUT2D eigenvalue weighted by atomic mass is 16.4. The van der Waals surface area contributed by atoms with Gasteiger partial charge in [0.1, 0.15) is 0 Å². The summed E-state index contributed by atoms with van der Waals surface area (Å²) < 4.78 is 0. The van der Waals surface area contributed by atoms with E-state index in [0.717, 1.165) is 0 Å². The van der Waals surface area contributed by atoms with Crippen LogP contribution in [0, 0.1) is 0 Å². The van der Waals surface area contributed by atoms with Crippen molar-refractivity contribution in [2.24, 2.45) is 0 Å². The van der Waals surface area contributed by atoms with Crippen molar-refractivity contribution in [1.29, 1.82) is 0 Å². The molecule has 11 heavy (non-hydrogen) atoms. The minimum atomic E-state index is -0.923. The van der Waals surface area contributed by atoms with Crippen LogP contribution in [0.4, 0.5) is 0 Å². The van der Waals surface area contributed by atoms with E-state index in [9.17, 15) is 4.79 Å². The molecule has 0 aliphatic carbocycles. The van der Waals surface area contributed by atoms with Gasteiger partial charge in [-0.3, -0.25) is 0 Å². The van der Waals surface area contributed by atoms with Crippen molar-refractivity contribution in [3.63, 3.8) is 0 Å². The van der Waals surface area contributed by atoms with Gasteiger partial charge in [-0.25, -0.2) is 4.79 Å². The van der Waals surface area contributed by atoms with Crippen molar-refractivity contribution in [2.75, 3.05) is 0 Å². The molecule has 0 saturated carbocycles. The third-order valence-corrected chi connectivity index (χ3v) is 1.50. The van der Waals surface area contributed by atoms with Gasteiger partial charge in [0.15, 0.2) is 0 Å². The second kappa shape index (κ2) is 4.91. The minimum absolute atomic E-state index is 0.289. The van der Waals surface area contributed by atoms with Gasteiger partial charge in [0.2, 0.25) is 0 Å². The van der Waals surface area contributed by atoms with Crippen LogP contribution in [0.3, 0.4) is 0 Å². The summed E-state index contributed by atoms with van der Waals surface area (Å²) in [4.78, 5) is 10.3. The van der Waals surface area contributed by atoms with Gasteiger partial charge in [0.05, 0.1) is 6.10 Å². The van der Waals surface area contributed by atoms with Gasteiger partial charge in [0.25, 0.3) is 0 Å². The van der Waals surface area contributed by atoms with E-state index in [-0.39, 0.29) is 5.57 Å². The Labute approximate surface area is 66.4 Å². The van der Waals surface area contributed by atoms with E-state index in [2.05, 4.69) is 0 Å². The van der Waals surface area contributed by atoms with Crippen LogP contribution < -0.4 is 0 Å². The molecule has 64 valence electrons. The van der Waals surface area contributed by atoms with E-state index in [1.54, 1.807) is 0 Å². The Morgan fingerprint density at radius 3 is 2.55 bits per heavy atom. The van der Waals surface area contributed by atoms with Crippen molar-refractivity contribution in [2.45, 2.75) is 32.8 Å². The van der Waals surface area contributed by atoms with E-state index in [1.165, 1.54) is 13.0 Å². The lowest BCUT2D eigenvalue weighted by molar-refractivity contribution is -0.132. The lowest BCUT2D eigenvalue weighted by Gasteiger charge is -2.02. The Morgan fingerprint density at radius 2 is 2.18 bits per heavy atom. The molecule has 0 aliphatic rings. The first kappa shape index (κ1) is 10.2. The first-order valence-corrected chi connectivity index (χ1v) is 3.66. The molecule has 0 aliphatic heterocycles. The predicted octanol–water partition coefficient (Wildman–Crippen LogP) is 1.18. The molecule has 0 aromatic rings. The second-order valence-corrected chi connectivity index (χ2v) is 2.49. The summed E-state index contributed by atoms with van der Waals surface area (Å²) in [6, 6.07) is 0. The molecule has 1 unspecified atom stereocenters. The molecule has 0 aromatic carbocycles. The molecule has 0 aromatic heterocycles. The maximum absolute atomic E-state index is 10.3. The highest BCUT2D eigenvalue weighted by Crippen LogP contribution is 2.01. The lowest BCUT2D eigenvalue weighted by Crippen LogP contribution is -2.04. The molecule has 0 heterocycles. The molecule has 0 spiro atoms. The minimum Gasteiger partial charge on any atom is -0.478 e. The molecule has 0 amide bonds. The van der Waals surface area contributed by atoms with Crippen LogP contribution in [0.1, 0.15) is 26.7 Å². The van der Waals surface area contributed by atoms with E-state index in [0.29, 0.717) is 12.8 Å². The standard InChI is InChI=1S/C8H14O3/c1-3-7(9)5-4-6(2)8(10)11/h4,7,9H,3,5H2,1-2H3,(H,10,11). The quantitative estimate of drug-likeness (QED) is 0.604. The summed E-state index contributed by atoms with van der Waals surface area (Å²) in [5, 5.41) is 17.5. The van der Waals surface area contributed by atoms with Crippen LogP contribution in [-0.4, -0.2) is 22.3 Å². The zero-order valence-corrected chi connectivity index (χ0v) is 6.87. The fourth-order valence-corrected chi connectivity index (χ4v) is 0.567. The van der Waals surface area contributed by atoms with E-state index >= 15 is 0 Å². The highest BCUT2D eigenvalue weighted by molar-refractivity contribution is 5.85. The first-order chi connectivity index (χ1) is 5.07. The number of aliphatic hydroxyl groups excluding tert-OH is 1. The maximum Gasteiger partial charge on any atom is 0.330 e. The zero-order valence-electron chi connectivity index (χ0n) is 6.87. The van der Waals surface area contributed by atoms with E-state index in [4.69, 9.17) is 10.2 Å². The summed E-state index contributed by atoms with van der Waals surface area (Å²) >= 11 is 0. The molecule has 2 N–H and O–H groups in total. The number of hydrogen-bond acceptors (Lipinski definition) is 2. The molecular weight excluding hydrogens is 144 g/mol. The number of aliphatic carboxylic acids is 1. The lowest BCUT2D eigenvalue weighted by atomic mass is 10.1. The van der Waals surface area contributed by atoms with Crippen molar-refractivity contribution in [3.8, 4) is 0 Å². The fraction of sp³-hybridized carbons (Fsp3) is 0.625. The Morgan fingerprint density at radius 1 is 1.64 bits per heavy atom. The van der Waals surface area contributed by atoms with E-state index < -0.39 is 12.1 Å². The first-order valence-electron chi connectivity index (χ1n) is 3.66. The van der Waals surface area contributed by atoms with Crippen LogP contribution in [0.5, 0.6) is 0 Å². The molecule has 0 bridgehead atoms. The average molecular weight is 158 g/mol. The Kier molecular flexibility index (Phi) is 4.54. The number of carbonyl (C=O) groups is 1. The molecule has 0 saturated heterocycles. The second-order valence-electron chi connectivity index (χ2n) is 2.49. The summed E-state index contributed by atoms with van der Waals surface area (Å²) in [7, 11) is 0. The molecular formula is C8H14O3. The normalized spacial score (nSPS) is 14.6. The van der Waals surface area contributed by atoms with Crippen molar-refractivity contribution in [3.05, 3.63) is 11.6 Å². The van der Waals surface area contributed by atoms with Gasteiger partial charge in [-0.2, -0.15) is 0 Å². The van der Waals surface area contributed by atoms with Crippen LogP contribution >= 0.6 is 0 Å². The Balaban J connectivity index is 3.82. The number of hydrogen-bond donors (Lipinski definition) is 2. The highest BCUT2D eigenvalue weighted by Gasteiger charge is 2.01. The van der Waals surface area contributed by atoms with Gasteiger partial charge in [-0.1, -0.05) is 13.0 Å². The van der Waals surface area contributed by atoms with Gasteiger partial charge in [-0.15, -0.1) is 0 Å². The molecule has 0 fully saturated rings. The van der Waals surface area contributed by atoms with Crippen molar-refractivity contribution in [1.82, 2.24) is 0 Å². The molecule has 1 atom stereocenters. The maximum atomic E-state index is 10.3. The molecule has 3 heteroatoms. The number of carboxylic acids is 1. The van der Waals surface area contributed by atoms with Gasteiger partial charge in [-0.05, 0) is 19.8 Å². The third-order valence-electron chi connectivity index (χ3n) is 1.50. The average Bonchev–Trinajstić information content (AvgIpc) is 1.99. The number of aliphatic hydroxyl groups is 1. The third kappa shape index (κ3) is 4.56. The summed E-state index contributed by atoms with van der Waals surface area (Å²) in [5.74, 6) is -0.923. The fourth-order valence-electron chi connectivity index (χ4n) is 0.567. The van der Waals surface area contributed by atoms with Crippen LogP contribution in [0.25, 0.3) is 0 Å². The Bertz CT molecular complexity index is 161. The topological polar surface area (TPSA) is 57.5 Å². The molecule has 3 nitrogen and oxygen atoms in total. The van der Waals surface area contributed by atoms with E-state index in [1.807, 2.05) is 6.92 Å². The summed E-state index contributed by atoms with van der Waals surface area (Å²) in [6.07, 6.45) is 2.21. The van der Waals surface area contributed by atoms with Gasteiger partial charge < -0.3 is 10.2 Å². The molecule has 0 radical (unpaired) electrons. The summed E-state index contributed by atoms with van der Waals surface area (Å²) in [5.41, 5.74) is 0.289. The van der Waals surface area contributed by atoms with Crippen LogP contribution in [-0.2, 0) is 4.79 Å². The van der Waals surface area contributed by atoms with Gasteiger partial charge in [0, 0.05) is 5.57 Å². The van der Waals surface area contributed by atoms with Crippen molar-refractivity contribution < 1.29 is 15.0 Å². The molecule has 0 rings (SSSR count). The smallest absolute Gasteiger partial charge is 0.330 e. The number of rotatable bonds is 4. The van der Waals surface area contributed by atoms with Crippen LogP contribution in [0.15, 0.2) is 11.6 Å². The summed E-state index contributed by atoms with van der Waals surface area (Å²) in [6.45, 7) is 3.37. The van der Waals surface area contributed by atoms with Crippen LogP contribution in [0.2, 0.25) is 0 Å². The van der Waals surface area contributed by atoms with Crippen molar-refractivity contribution >= 4 is 5.97 Å². The SMILES string of the molecule is CCC(O)CC=C(C)C(=O)O.